The zero-order valence-electron chi connectivity index (χ0n) is 8.48. The summed E-state index contributed by atoms with van der Waals surface area (Å²) in [6.45, 7) is 3.50. The van der Waals surface area contributed by atoms with E-state index >= 15 is 0 Å². The number of rotatable bonds is 2. The third-order valence-electron chi connectivity index (χ3n) is 2.90. The van der Waals surface area contributed by atoms with Crippen LogP contribution in [0.2, 0.25) is 0 Å². The van der Waals surface area contributed by atoms with Crippen LogP contribution in [0.1, 0.15) is 30.8 Å². The molecule has 0 radical (unpaired) electrons. The van der Waals surface area contributed by atoms with E-state index in [0.717, 1.165) is 18.7 Å². The fourth-order valence-corrected chi connectivity index (χ4v) is 2.05. The molecule has 3 N–H and O–H groups in total. The molecule has 0 aromatic carbocycles. The molecule has 4 heteroatoms. The molecular formula is C10H17N3O. The number of aromatic nitrogens is 2. The number of hydrogen-bond donors (Lipinski definition) is 2. The van der Waals surface area contributed by atoms with Crippen LogP contribution in [0.4, 0.5) is 0 Å². The Kier molecular flexibility index (Phi) is 2.56. The molecular weight excluding hydrogens is 178 g/mol. The Morgan fingerprint density at radius 1 is 1.79 bits per heavy atom. The second-order valence-corrected chi connectivity index (χ2v) is 4.12. The molecule has 0 amide bonds. The van der Waals surface area contributed by atoms with Gasteiger partial charge in [-0.2, -0.15) is 0 Å². The van der Waals surface area contributed by atoms with Crippen molar-refractivity contribution in [3.8, 4) is 0 Å². The lowest BCUT2D eigenvalue weighted by Crippen LogP contribution is -2.20. The summed E-state index contributed by atoms with van der Waals surface area (Å²) in [6.07, 6.45) is 3.41. The first-order valence-corrected chi connectivity index (χ1v) is 5.14. The van der Waals surface area contributed by atoms with E-state index in [1.54, 1.807) is 0 Å². The number of imidazole rings is 1. The van der Waals surface area contributed by atoms with Gasteiger partial charge in [0.05, 0.1) is 12.0 Å². The first kappa shape index (κ1) is 9.68. The van der Waals surface area contributed by atoms with Crippen LogP contribution in [0.5, 0.6) is 0 Å². The fourth-order valence-electron chi connectivity index (χ4n) is 2.05. The zero-order valence-corrected chi connectivity index (χ0v) is 8.48. The lowest BCUT2D eigenvalue weighted by molar-refractivity contribution is 0.180. The van der Waals surface area contributed by atoms with Crippen LogP contribution in [0.3, 0.4) is 0 Å². The maximum Gasteiger partial charge on any atom is 0.110 e. The van der Waals surface area contributed by atoms with Crippen molar-refractivity contribution in [3.63, 3.8) is 0 Å². The van der Waals surface area contributed by atoms with Gasteiger partial charge < -0.3 is 15.4 Å². The minimum absolute atomic E-state index is 0.250. The normalized spacial score (nSPS) is 23.2. The van der Waals surface area contributed by atoms with Gasteiger partial charge >= 0.3 is 0 Å². The van der Waals surface area contributed by atoms with Crippen molar-refractivity contribution >= 4 is 0 Å². The van der Waals surface area contributed by atoms with Crippen molar-refractivity contribution in [3.05, 3.63) is 17.7 Å². The number of hydrogen-bond acceptors (Lipinski definition) is 3. The van der Waals surface area contributed by atoms with Crippen molar-refractivity contribution in [2.24, 2.45) is 11.7 Å². The monoisotopic (exact) mass is 195 g/mol. The Morgan fingerprint density at radius 3 is 3.29 bits per heavy atom. The van der Waals surface area contributed by atoms with Crippen LogP contribution in [-0.2, 0) is 13.0 Å². The Balaban J connectivity index is 2.28. The van der Waals surface area contributed by atoms with E-state index in [9.17, 15) is 5.11 Å². The SMILES string of the molecule is CC1CCc2c(C(O)CN)ncn2C1. The van der Waals surface area contributed by atoms with E-state index in [0.29, 0.717) is 5.92 Å². The average Bonchev–Trinajstić information content (AvgIpc) is 2.59. The Labute approximate surface area is 83.8 Å². The molecule has 0 aliphatic carbocycles. The second kappa shape index (κ2) is 3.71. The molecule has 1 aliphatic heterocycles. The van der Waals surface area contributed by atoms with E-state index in [4.69, 9.17) is 5.73 Å². The maximum absolute atomic E-state index is 9.64. The van der Waals surface area contributed by atoms with Crippen molar-refractivity contribution in [2.45, 2.75) is 32.4 Å². The van der Waals surface area contributed by atoms with E-state index in [2.05, 4.69) is 16.5 Å². The van der Waals surface area contributed by atoms with Crippen molar-refractivity contribution in [2.75, 3.05) is 6.54 Å². The molecule has 0 spiro atoms. The van der Waals surface area contributed by atoms with Crippen LogP contribution < -0.4 is 5.73 Å². The highest BCUT2D eigenvalue weighted by atomic mass is 16.3. The predicted octanol–water partition coefficient (Wildman–Crippen LogP) is 0.457. The van der Waals surface area contributed by atoms with Crippen LogP contribution >= 0.6 is 0 Å². The van der Waals surface area contributed by atoms with Gasteiger partial charge in [-0.25, -0.2) is 4.98 Å². The van der Waals surface area contributed by atoms with Gasteiger partial charge in [0.1, 0.15) is 6.10 Å². The molecule has 2 unspecified atom stereocenters. The van der Waals surface area contributed by atoms with Gasteiger partial charge in [0, 0.05) is 18.8 Å². The van der Waals surface area contributed by atoms with Gasteiger partial charge in [0.15, 0.2) is 0 Å². The summed E-state index contributed by atoms with van der Waals surface area (Å²) >= 11 is 0. The zero-order chi connectivity index (χ0) is 10.1. The van der Waals surface area contributed by atoms with Crippen molar-refractivity contribution in [1.82, 2.24) is 9.55 Å². The standard InChI is InChI=1S/C10H17N3O/c1-7-2-3-8-10(9(14)4-11)12-6-13(8)5-7/h6-7,9,14H,2-5,11H2,1H3. The van der Waals surface area contributed by atoms with Gasteiger partial charge in [-0.05, 0) is 18.8 Å². The van der Waals surface area contributed by atoms with Gasteiger partial charge in [0.2, 0.25) is 0 Å². The minimum atomic E-state index is -0.598. The highest BCUT2D eigenvalue weighted by Crippen LogP contribution is 2.24. The summed E-state index contributed by atoms with van der Waals surface area (Å²) in [5, 5.41) is 9.64. The average molecular weight is 195 g/mol. The van der Waals surface area contributed by atoms with Gasteiger partial charge in [-0.1, -0.05) is 6.92 Å². The summed E-state index contributed by atoms with van der Waals surface area (Å²) in [6, 6.07) is 0. The van der Waals surface area contributed by atoms with Crippen LogP contribution in [-0.4, -0.2) is 21.2 Å². The van der Waals surface area contributed by atoms with Crippen LogP contribution in [0.25, 0.3) is 0 Å². The third-order valence-corrected chi connectivity index (χ3v) is 2.90. The summed E-state index contributed by atoms with van der Waals surface area (Å²) in [5.74, 6) is 0.708. The first-order valence-electron chi connectivity index (χ1n) is 5.14. The Bertz CT molecular complexity index is 321. The van der Waals surface area contributed by atoms with E-state index in [-0.39, 0.29) is 6.54 Å². The molecule has 4 nitrogen and oxygen atoms in total. The number of aliphatic hydroxyl groups excluding tert-OH is 1. The fraction of sp³-hybridized carbons (Fsp3) is 0.700. The van der Waals surface area contributed by atoms with Crippen molar-refractivity contribution in [1.29, 1.82) is 0 Å². The molecule has 0 bridgehead atoms. The third kappa shape index (κ3) is 1.55. The van der Waals surface area contributed by atoms with E-state index in [1.807, 2.05) is 6.33 Å². The molecule has 14 heavy (non-hydrogen) atoms. The largest absolute Gasteiger partial charge is 0.385 e. The Morgan fingerprint density at radius 2 is 2.57 bits per heavy atom. The quantitative estimate of drug-likeness (QED) is 0.720. The lowest BCUT2D eigenvalue weighted by atomic mass is 9.98. The summed E-state index contributed by atoms with van der Waals surface area (Å²) in [7, 11) is 0. The van der Waals surface area contributed by atoms with E-state index in [1.165, 1.54) is 12.1 Å². The van der Waals surface area contributed by atoms with Crippen LogP contribution in [0, 0.1) is 5.92 Å². The summed E-state index contributed by atoms with van der Waals surface area (Å²) < 4.78 is 2.14. The number of nitrogens with zero attached hydrogens (tertiary/aromatic N) is 2. The molecule has 0 fully saturated rings. The first-order chi connectivity index (χ1) is 6.72. The van der Waals surface area contributed by atoms with Gasteiger partial charge in [-0.3, -0.25) is 0 Å². The van der Waals surface area contributed by atoms with Gasteiger partial charge in [-0.15, -0.1) is 0 Å². The topological polar surface area (TPSA) is 64.1 Å². The van der Waals surface area contributed by atoms with Crippen LogP contribution in [0.15, 0.2) is 6.33 Å². The van der Waals surface area contributed by atoms with Gasteiger partial charge in [0.25, 0.3) is 0 Å². The predicted molar refractivity (Wildman–Crippen MR) is 53.7 cm³/mol. The van der Waals surface area contributed by atoms with E-state index < -0.39 is 6.10 Å². The number of fused-ring (bicyclic) bond motifs is 1. The number of aliphatic hydroxyl groups is 1. The van der Waals surface area contributed by atoms with Crippen molar-refractivity contribution < 1.29 is 5.11 Å². The molecule has 2 atom stereocenters. The maximum atomic E-state index is 9.64. The molecule has 78 valence electrons. The molecule has 1 aromatic heterocycles. The molecule has 0 saturated heterocycles. The second-order valence-electron chi connectivity index (χ2n) is 4.12. The molecule has 0 saturated carbocycles. The molecule has 2 rings (SSSR count). The smallest absolute Gasteiger partial charge is 0.110 e. The Hall–Kier alpha value is -0.870. The lowest BCUT2D eigenvalue weighted by Gasteiger charge is -2.22. The minimum Gasteiger partial charge on any atom is -0.385 e. The number of nitrogens with two attached hydrogens (primary N) is 1. The summed E-state index contributed by atoms with van der Waals surface area (Å²) in [4.78, 5) is 4.24. The molecule has 2 heterocycles. The molecule has 1 aliphatic rings. The molecule has 1 aromatic rings. The highest BCUT2D eigenvalue weighted by Gasteiger charge is 2.21. The summed E-state index contributed by atoms with van der Waals surface area (Å²) in [5.41, 5.74) is 7.37. The highest BCUT2D eigenvalue weighted by molar-refractivity contribution is 5.18.